The smallest absolute Gasteiger partial charge is 0.242 e. The van der Waals surface area contributed by atoms with E-state index in [1.54, 1.807) is 6.92 Å². The third kappa shape index (κ3) is 5.44. The van der Waals surface area contributed by atoms with E-state index in [2.05, 4.69) is 10.6 Å². The van der Waals surface area contributed by atoms with Crippen molar-refractivity contribution in [3.63, 3.8) is 0 Å². The molecule has 0 aromatic heterocycles. The van der Waals surface area contributed by atoms with Crippen molar-refractivity contribution in [3.05, 3.63) is 0 Å². The molecule has 0 saturated carbocycles. The highest BCUT2D eigenvalue weighted by Gasteiger charge is 2.22. The molecule has 4 N–H and O–H groups in total. The van der Waals surface area contributed by atoms with Gasteiger partial charge in [0.1, 0.15) is 12.3 Å². The third-order valence-electron chi connectivity index (χ3n) is 2.67. The molecule has 0 radical (unpaired) electrons. The largest absolute Gasteiger partial charge is 0.348 e. The highest BCUT2D eigenvalue weighted by molar-refractivity contribution is 5.90. The van der Waals surface area contributed by atoms with Crippen LogP contribution in [0.5, 0.6) is 0 Å². The summed E-state index contributed by atoms with van der Waals surface area (Å²) in [7, 11) is 0. The standard InChI is InChI=1S/C11H21N3O3/c1-4-7(2)9(12)11(17)14-8(3)10(16)13-5-6-15/h6-9H,4-5,12H2,1-3H3,(H,13,16)(H,14,17)/t7-,8-,9-/m0/s1. The van der Waals surface area contributed by atoms with Gasteiger partial charge in [0.25, 0.3) is 0 Å². The van der Waals surface area contributed by atoms with Gasteiger partial charge in [0.15, 0.2) is 0 Å². The molecule has 98 valence electrons. The molecule has 0 aliphatic carbocycles. The van der Waals surface area contributed by atoms with Crippen LogP contribution in [0.1, 0.15) is 27.2 Å². The molecule has 0 aliphatic rings. The summed E-state index contributed by atoms with van der Waals surface area (Å²) < 4.78 is 0. The van der Waals surface area contributed by atoms with Crippen LogP contribution >= 0.6 is 0 Å². The average Bonchev–Trinajstić information content (AvgIpc) is 2.33. The van der Waals surface area contributed by atoms with E-state index in [-0.39, 0.29) is 18.4 Å². The first kappa shape index (κ1) is 15.6. The summed E-state index contributed by atoms with van der Waals surface area (Å²) in [6, 6.07) is -1.32. The van der Waals surface area contributed by atoms with Gasteiger partial charge in [-0.15, -0.1) is 0 Å². The lowest BCUT2D eigenvalue weighted by Gasteiger charge is -2.20. The first-order chi connectivity index (χ1) is 7.93. The van der Waals surface area contributed by atoms with Crippen LogP contribution in [0, 0.1) is 5.92 Å². The highest BCUT2D eigenvalue weighted by atomic mass is 16.2. The van der Waals surface area contributed by atoms with Gasteiger partial charge in [0, 0.05) is 0 Å². The van der Waals surface area contributed by atoms with Gasteiger partial charge in [0.2, 0.25) is 11.8 Å². The van der Waals surface area contributed by atoms with Crippen LogP contribution in [0.2, 0.25) is 0 Å². The molecule has 0 spiro atoms. The molecule has 0 aromatic carbocycles. The molecule has 0 aliphatic heterocycles. The number of nitrogens with one attached hydrogen (secondary N) is 2. The first-order valence-corrected chi connectivity index (χ1v) is 5.71. The third-order valence-corrected chi connectivity index (χ3v) is 2.67. The molecule has 3 atom stereocenters. The summed E-state index contributed by atoms with van der Waals surface area (Å²) in [6.07, 6.45) is 1.37. The van der Waals surface area contributed by atoms with Crippen molar-refractivity contribution in [3.8, 4) is 0 Å². The lowest BCUT2D eigenvalue weighted by molar-refractivity contribution is -0.130. The molecular formula is C11H21N3O3. The van der Waals surface area contributed by atoms with Gasteiger partial charge in [-0.05, 0) is 12.8 Å². The van der Waals surface area contributed by atoms with Crippen LogP contribution in [0.4, 0.5) is 0 Å². The second-order valence-electron chi connectivity index (χ2n) is 4.05. The fourth-order valence-electron chi connectivity index (χ4n) is 1.18. The quantitative estimate of drug-likeness (QED) is 0.508. The van der Waals surface area contributed by atoms with Crippen molar-refractivity contribution in [2.75, 3.05) is 6.54 Å². The van der Waals surface area contributed by atoms with Crippen molar-refractivity contribution in [2.45, 2.75) is 39.3 Å². The maximum atomic E-state index is 11.6. The SMILES string of the molecule is CC[C@H](C)[C@H](N)C(=O)N[C@@H](C)C(=O)NCC=O. The van der Waals surface area contributed by atoms with Crippen LogP contribution in [-0.4, -0.2) is 36.7 Å². The summed E-state index contributed by atoms with van der Waals surface area (Å²) in [6.45, 7) is 5.30. The van der Waals surface area contributed by atoms with E-state index in [9.17, 15) is 14.4 Å². The fraction of sp³-hybridized carbons (Fsp3) is 0.727. The predicted octanol–water partition coefficient (Wildman–Crippen LogP) is -0.820. The van der Waals surface area contributed by atoms with Crippen molar-refractivity contribution < 1.29 is 14.4 Å². The lowest BCUT2D eigenvalue weighted by Crippen LogP contribution is -2.52. The van der Waals surface area contributed by atoms with Crippen molar-refractivity contribution in [1.82, 2.24) is 10.6 Å². The van der Waals surface area contributed by atoms with Gasteiger partial charge in [0.05, 0.1) is 12.6 Å². The Morgan fingerprint density at radius 1 is 1.29 bits per heavy atom. The summed E-state index contributed by atoms with van der Waals surface area (Å²) >= 11 is 0. The molecule has 0 aromatic rings. The molecule has 6 heteroatoms. The minimum absolute atomic E-state index is 0.0558. The second-order valence-corrected chi connectivity index (χ2v) is 4.05. The zero-order valence-corrected chi connectivity index (χ0v) is 10.5. The number of nitrogens with two attached hydrogens (primary N) is 1. The van der Waals surface area contributed by atoms with E-state index >= 15 is 0 Å². The normalized spacial score (nSPS) is 15.5. The molecule has 0 unspecified atom stereocenters. The Labute approximate surface area is 101 Å². The molecule has 17 heavy (non-hydrogen) atoms. The topological polar surface area (TPSA) is 101 Å². The average molecular weight is 243 g/mol. The molecular weight excluding hydrogens is 222 g/mol. The van der Waals surface area contributed by atoms with Gasteiger partial charge < -0.3 is 21.2 Å². The maximum absolute atomic E-state index is 11.6. The molecule has 0 fully saturated rings. The van der Waals surface area contributed by atoms with Crippen LogP contribution in [-0.2, 0) is 14.4 Å². The maximum Gasteiger partial charge on any atom is 0.242 e. The van der Waals surface area contributed by atoms with Crippen LogP contribution in [0.3, 0.4) is 0 Å². The molecule has 2 amide bonds. The van der Waals surface area contributed by atoms with Crippen LogP contribution < -0.4 is 16.4 Å². The molecule has 0 heterocycles. The van der Waals surface area contributed by atoms with E-state index in [4.69, 9.17) is 5.73 Å². The van der Waals surface area contributed by atoms with Crippen LogP contribution in [0.15, 0.2) is 0 Å². The second kappa shape index (κ2) is 7.78. The number of rotatable bonds is 7. The molecule has 0 saturated heterocycles. The van der Waals surface area contributed by atoms with Gasteiger partial charge in [-0.2, -0.15) is 0 Å². The Morgan fingerprint density at radius 2 is 1.88 bits per heavy atom. The Bertz CT molecular complexity index is 281. The zero-order valence-electron chi connectivity index (χ0n) is 10.5. The Kier molecular flexibility index (Phi) is 7.13. The minimum atomic E-state index is -0.697. The van der Waals surface area contributed by atoms with E-state index in [0.717, 1.165) is 6.42 Å². The Hall–Kier alpha value is -1.43. The summed E-state index contributed by atoms with van der Waals surface area (Å²) in [4.78, 5) is 33.1. The van der Waals surface area contributed by atoms with E-state index in [1.165, 1.54) is 0 Å². The van der Waals surface area contributed by atoms with Crippen LogP contribution in [0.25, 0.3) is 0 Å². The zero-order chi connectivity index (χ0) is 13.4. The fourth-order valence-corrected chi connectivity index (χ4v) is 1.18. The van der Waals surface area contributed by atoms with E-state index in [0.29, 0.717) is 6.29 Å². The number of carbonyl (C=O) groups is 3. The number of aldehydes is 1. The van der Waals surface area contributed by atoms with E-state index < -0.39 is 18.0 Å². The summed E-state index contributed by atoms with van der Waals surface area (Å²) in [5.74, 6) is -0.699. The Morgan fingerprint density at radius 3 is 2.35 bits per heavy atom. The first-order valence-electron chi connectivity index (χ1n) is 5.71. The number of carbonyl (C=O) groups excluding carboxylic acids is 3. The number of amides is 2. The Balaban J connectivity index is 4.19. The van der Waals surface area contributed by atoms with Crippen molar-refractivity contribution in [2.24, 2.45) is 11.7 Å². The van der Waals surface area contributed by atoms with Crippen molar-refractivity contribution >= 4 is 18.1 Å². The lowest BCUT2D eigenvalue weighted by atomic mass is 9.99. The summed E-state index contributed by atoms with van der Waals surface area (Å²) in [5, 5.41) is 4.87. The summed E-state index contributed by atoms with van der Waals surface area (Å²) in [5.41, 5.74) is 5.72. The molecule has 6 nitrogen and oxygen atoms in total. The number of hydrogen-bond acceptors (Lipinski definition) is 4. The monoisotopic (exact) mass is 243 g/mol. The van der Waals surface area contributed by atoms with Crippen molar-refractivity contribution in [1.29, 1.82) is 0 Å². The van der Waals surface area contributed by atoms with Gasteiger partial charge in [-0.3, -0.25) is 9.59 Å². The van der Waals surface area contributed by atoms with Gasteiger partial charge >= 0.3 is 0 Å². The predicted molar refractivity (Wildman–Crippen MR) is 64.1 cm³/mol. The number of hydrogen-bond donors (Lipinski definition) is 3. The minimum Gasteiger partial charge on any atom is -0.348 e. The van der Waals surface area contributed by atoms with Gasteiger partial charge in [-0.1, -0.05) is 20.3 Å². The van der Waals surface area contributed by atoms with Gasteiger partial charge in [-0.25, -0.2) is 0 Å². The molecule has 0 rings (SSSR count). The molecule has 0 bridgehead atoms. The highest BCUT2D eigenvalue weighted by Crippen LogP contribution is 2.05. The van der Waals surface area contributed by atoms with E-state index in [1.807, 2.05) is 13.8 Å².